The number of hydrogen-bond donors (Lipinski definition) is 6. The van der Waals surface area contributed by atoms with E-state index in [-0.39, 0.29) is 24.6 Å². The van der Waals surface area contributed by atoms with Crippen molar-refractivity contribution >= 4 is 17.9 Å². The number of hydrogen-bond acceptors (Lipinski definition) is 5. The maximum Gasteiger partial charge on any atom is 0.405 e. The number of aryl methyl sites for hydroxylation is 2. The Labute approximate surface area is 225 Å². The van der Waals surface area contributed by atoms with Gasteiger partial charge in [-0.1, -0.05) is 51.1 Å². The average Bonchev–Trinajstić information content (AvgIpc) is 2.78. The van der Waals surface area contributed by atoms with Gasteiger partial charge in [-0.25, -0.2) is 4.79 Å². The van der Waals surface area contributed by atoms with Crippen LogP contribution in [0.1, 0.15) is 56.9 Å². The Bertz CT molecular complexity index is 1130. The largest absolute Gasteiger partial charge is 0.508 e. The third-order valence-corrected chi connectivity index (χ3v) is 6.90. The summed E-state index contributed by atoms with van der Waals surface area (Å²) in [7, 11) is 0. The fourth-order valence-corrected chi connectivity index (χ4v) is 4.55. The van der Waals surface area contributed by atoms with Crippen LogP contribution in [0.2, 0.25) is 0 Å². The Kier molecular flexibility index (Phi) is 9.56. The lowest BCUT2D eigenvalue weighted by molar-refractivity contribution is -0.133. The van der Waals surface area contributed by atoms with Gasteiger partial charge >= 0.3 is 6.09 Å². The van der Waals surface area contributed by atoms with E-state index in [1.54, 1.807) is 46.8 Å². The minimum absolute atomic E-state index is 0.0439. The number of phenols is 1. The van der Waals surface area contributed by atoms with Gasteiger partial charge in [0.2, 0.25) is 11.8 Å². The van der Waals surface area contributed by atoms with Crippen LogP contribution >= 0.6 is 0 Å². The van der Waals surface area contributed by atoms with Gasteiger partial charge in [-0.2, -0.15) is 0 Å². The highest BCUT2D eigenvalue weighted by atomic mass is 16.4. The normalized spacial score (nSPS) is 14.2. The molecule has 9 heteroatoms. The molecule has 0 heterocycles. The lowest BCUT2D eigenvalue weighted by atomic mass is 9.68. The van der Waals surface area contributed by atoms with Crippen molar-refractivity contribution in [1.82, 2.24) is 16.0 Å². The van der Waals surface area contributed by atoms with E-state index in [1.165, 1.54) is 0 Å². The van der Waals surface area contributed by atoms with Crippen molar-refractivity contribution in [3.63, 3.8) is 0 Å². The molecule has 0 aliphatic rings. The van der Waals surface area contributed by atoms with Crippen LogP contribution < -0.4 is 21.7 Å². The summed E-state index contributed by atoms with van der Waals surface area (Å²) in [5, 5.41) is 28.0. The van der Waals surface area contributed by atoms with Crippen LogP contribution in [0.5, 0.6) is 5.75 Å². The summed E-state index contributed by atoms with van der Waals surface area (Å²) in [4.78, 5) is 38.6. The molecule has 0 aliphatic heterocycles. The van der Waals surface area contributed by atoms with Crippen molar-refractivity contribution in [3.8, 4) is 5.75 Å². The van der Waals surface area contributed by atoms with Crippen LogP contribution in [0.4, 0.5) is 4.79 Å². The Balaban J connectivity index is 2.25. The standard InChI is InChI=1S/C29H42N4O5/c1-18-13-21(34)14-19(2)22(18)16-29(27(3,4)5,33-26(37)38)25(36)31-17-28(6,7)32-24(35)23(30)15-20-11-9-8-10-12-20/h8-14,23,33-34H,15-17,30H2,1-7H3,(H,31,36)(H,32,35)(H,37,38)/t23-,29+/m0/s1. The van der Waals surface area contributed by atoms with E-state index in [0.717, 1.165) is 22.3 Å². The van der Waals surface area contributed by atoms with Crippen LogP contribution in [0.15, 0.2) is 42.5 Å². The molecule has 0 unspecified atom stereocenters. The molecule has 0 fully saturated rings. The molecule has 0 spiro atoms. The van der Waals surface area contributed by atoms with Gasteiger partial charge in [0.25, 0.3) is 0 Å². The molecule has 2 aromatic carbocycles. The fraction of sp³-hybridized carbons (Fsp3) is 0.483. The van der Waals surface area contributed by atoms with E-state index in [9.17, 15) is 24.6 Å². The number of carbonyl (C=O) groups excluding carboxylic acids is 2. The summed E-state index contributed by atoms with van der Waals surface area (Å²) in [5.74, 6) is -0.770. The molecule has 38 heavy (non-hydrogen) atoms. The number of phenolic OH excluding ortho intramolecular Hbond substituents is 1. The fourth-order valence-electron chi connectivity index (χ4n) is 4.55. The Morgan fingerprint density at radius 2 is 1.50 bits per heavy atom. The van der Waals surface area contributed by atoms with Crippen molar-refractivity contribution in [1.29, 1.82) is 0 Å². The quantitative estimate of drug-likeness (QED) is 0.279. The van der Waals surface area contributed by atoms with Crippen LogP contribution in [0.3, 0.4) is 0 Å². The molecule has 0 radical (unpaired) electrons. The average molecular weight is 527 g/mol. The molecule has 7 N–H and O–H groups in total. The molecule has 9 nitrogen and oxygen atoms in total. The van der Waals surface area contributed by atoms with Gasteiger partial charge < -0.3 is 31.9 Å². The summed E-state index contributed by atoms with van der Waals surface area (Å²) >= 11 is 0. The van der Waals surface area contributed by atoms with E-state index in [4.69, 9.17) is 5.73 Å². The first-order chi connectivity index (χ1) is 17.5. The van der Waals surface area contributed by atoms with E-state index < -0.39 is 34.5 Å². The van der Waals surface area contributed by atoms with E-state index in [0.29, 0.717) is 6.42 Å². The number of rotatable bonds is 10. The predicted molar refractivity (Wildman–Crippen MR) is 148 cm³/mol. The Morgan fingerprint density at radius 1 is 0.947 bits per heavy atom. The van der Waals surface area contributed by atoms with Crippen molar-refractivity contribution < 1.29 is 24.6 Å². The number of benzene rings is 2. The summed E-state index contributed by atoms with van der Waals surface area (Å²) < 4.78 is 0. The number of amides is 3. The van der Waals surface area contributed by atoms with Gasteiger partial charge in [0.1, 0.15) is 11.3 Å². The molecule has 0 saturated heterocycles. The van der Waals surface area contributed by atoms with Crippen LogP contribution in [0.25, 0.3) is 0 Å². The summed E-state index contributed by atoms with van der Waals surface area (Å²) in [5.41, 5.74) is 6.08. The zero-order valence-corrected chi connectivity index (χ0v) is 23.4. The van der Waals surface area contributed by atoms with Gasteiger partial charge in [-0.15, -0.1) is 0 Å². The molecule has 2 atom stereocenters. The number of nitrogens with two attached hydrogens (primary N) is 1. The molecule has 208 valence electrons. The molecule has 0 aliphatic carbocycles. The van der Waals surface area contributed by atoms with E-state index in [1.807, 2.05) is 44.2 Å². The maximum atomic E-state index is 13.8. The van der Waals surface area contributed by atoms with Crippen LogP contribution in [0, 0.1) is 19.3 Å². The first-order valence-electron chi connectivity index (χ1n) is 12.7. The van der Waals surface area contributed by atoms with Crippen molar-refractivity contribution in [2.75, 3.05) is 6.54 Å². The van der Waals surface area contributed by atoms with Gasteiger partial charge in [-0.3, -0.25) is 9.59 Å². The second-order valence-corrected chi connectivity index (χ2v) is 11.7. The second kappa shape index (κ2) is 11.9. The molecule has 0 saturated carbocycles. The minimum Gasteiger partial charge on any atom is -0.508 e. The molecular weight excluding hydrogens is 484 g/mol. The van der Waals surface area contributed by atoms with Crippen LogP contribution in [-0.2, 0) is 22.4 Å². The smallest absolute Gasteiger partial charge is 0.405 e. The van der Waals surface area contributed by atoms with Gasteiger partial charge in [-0.05, 0) is 73.9 Å². The third kappa shape index (κ3) is 7.71. The van der Waals surface area contributed by atoms with Crippen molar-refractivity contribution in [2.45, 2.75) is 78.4 Å². The maximum absolute atomic E-state index is 13.8. The monoisotopic (exact) mass is 526 g/mol. The topological polar surface area (TPSA) is 154 Å². The Hall–Kier alpha value is -3.59. The zero-order valence-electron chi connectivity index (χ0n) is 23.4. The van der Waals surface area contributed by atoms with Crippen molar-refractivity contribution in [2.24, 2.45) is 11.1 Å². The molecule has 2 aromatic rings. The highest BCUT2D eigenvalue weighted by molar-refractivity contribution is 5.91. The summed E-state index contributed by atoms with van der Waals surface area (Å²) in [6.45, 7) is 12.6. The number of aromatic hydroxyl groups is 1. The van der Waals surface area contributed by atoms with Gasteiger partial charge in [0, 0.05) is 13.0 Å². The first kappa shape index (κ1) is 30.6. The van der Waals surface area contributed by atoms with Crippen LogP contribution in [-0.4, -0.2) is 51.8 Å². The summed E-state index contributed by atoms with van der Waals surface area (Å²) in [6.07, 6.45) is -0.888. The lowest BCUT2D eigenvalue weighted by Crippen LogP contribution is -2.68. The number of carbonyl (C=O) groups is 3. The molecule has 3 amide bonds. The number of nitrogens with one attached hydrogen (secondary N) is 3. The SMILES string of the molecule is Cc1cc(O)cc(C)c1C[C@@](NC(=O)O)(C(=O)NCC(C)(C)NC(=O)[C@@H](N)Cc1ccccc1)C(C)(C)C. The first-order valence-corrected chi connectivity index (χ1v) is 12.7. The van der Waals surface area contributed by atoms with Gasteiger partial charge in [0.05, 0.1) is 11.6 Å². The molecular formula is C29H42N4O5. The van der Waals surface area contributed by atoms with E-state index >= 15 is 0 Å². The highest BCUT2D eigenvalue weighted by Crippen LogP contribution is 2.36. The number of carboxylic acid groups (broad SMARTS) is 1. The Morgan fingerprint density at radius 3 is 2.00 bits per heavy atom. The zero-order chi connectivity index (χ0) is 28.9. The molecule has 2 rings (SSSR count). The molecule has 0 aromatic heterocycles. The second-order valence-electron chi connectivity index (χ2n) is 11.7. The summed E-state index contributed by atoms with van der Waals surface area (Å²) in [6, 6.07) is 11.9. The molecule has 0 bridgehead atoms. The predicted octanol–water partition coefficient (Wildman–Crippen LogP) is 3.19. The van der Waals surface area contributed by atoms with E-state index in [2.05, 4.69) is 16.0 Å². The third-order valence-electron chi connectivity index (χ3n) is 6.90. The van der Waals surface area contributed by atoms with Gasteiger partial charge in [0.15, 0.2) is 0 Å². The van der Waals surface area contributed by atoms with Crippen molar-refractivity contribution in [3.05, 3.63) is 64.7 Å². The lowest BCUT2D eigenvalue weighted by Gasteiger charge is -2.44. The highest BCUT2D eigenvalue weighted by Gasteiger charge is 2.50. The minimum atomic E-state index is -1.55.